The first-order valence-electron chi connectivity index (χ1n) is 15.7. The lowest BCUT2D eigenvalue weighted by Crippen LogP contribution is -2.15. The number of rotatable bonds is 15. The van der Waals surface area contributed by atoms with Crippen LogP contribution in [0.15, 0.2) is 125 Å². The molecule has 4 aromatic heterocycles. The molecule has 0 aromatic carbocycles. The van der Waals surface area contributed by atoms with E-state index in [-0.39, 0.29) is 0 Å². The van der Waals surface area contributed by atoms with Crippen LogP contribution in [0.5, 0.6) is 0 Å². The van der Waals surface area contributed by atoms with E-state index in [2.05, 4.69) is 29.9 Å². The fourth-order valence-electron chi connectivity index (χ4n) is 4.82. The van der Waals surface area contributed by atoms with E-state index >= 15 is 0 Å². The zero-order valence-electron chi connectivity index (χ0n) is 25.6. The molecule has 2 aliphatic heterocycles. The average molecular weight is 649 g/mol. The van der Waals surface area contributed by atoms with E-state index in [9.17, 15) is 0 Å². The molecule has 2 atom stereocenters. The molecular formula is C34H36N10S2. The normalized spacial score (nSPS) is 17.6. The molecule has 2 aliphatic rings. The number of amidine groups is 4. The second-order valence-electron chi connectivity index (χ2n) is 10.7. The number of aliphatic imine (C=N–C) groups is 2. The van der Waals surface area contributed by atoms with Gasteiger partial charge in [-0.2, -0.15) is 17.5 Å². The minimum atomic E-state index is -0.483. The molecule has 0 saturated carbocycles. The topological polar surface area (TPSA) is 126 Å². The fraction of sp³-hybridized carbons (Fsp3) is 0.294. The molecule has 0 radical (unpaired) electrons. The van der Waals surface area contributed by atoms with E-state index in [1.54, 1.807) is 24.8 Å². The summed E-state index contributed by atoms with van der Waals surface area (Å²) in [6.07, 6.45) is 16.5. The van der Waals surface area contributed by atoms with E-state index in [1.807, 2.05) is 72.8 Å². The maximum atomic E-state index is 4.85. The summed E-state index contributed by atoms with van der Waals surface area (Å²) < 4.78 is 19.4. The van der Waals surface area contributed by atoms with Gasteiger partial charge in [0.1, 0.15) is 22.8 Å². The molecule has 2 unspecified atom stereocenters. The average Bonchev–Trinajstić information content (AvgIpc) is 3.13. The van der Waals surface area contributed by atoms with Crippen molar-refractivity contribution in [2.75, 3.05) is 11.5 Å². The summed E-state index contributed by atoms with van der Waals surface area (Å²) >= 11 is 0. The van der Waals surface area contributed by atoms with Gasteiger partial charge < -0.3 is 0 Å². The van der Waals surface area contributed by atoms with Crippen LogP contribution in [0, 0.1) is 0 Å². The highest BCUT2D eigenvalue weighted by atomic mass is 32.2. The van der Waals surface area contributed by atoms with Crippen molar-refractivity contribution in [3.8, 4) is 0 Å². The first kappa shape index (κ1) is 31.6. The van der Waals surface area contributed by atoms with Crippen LogP contribution in [-0.2, 0) is 21.8 Å². The lowest BCUT2D eigenvalue weighted by molar-refractivity contribution is 0.587. The van der Waals surface area contributed by atoms with Crippen molar-refractivity contribution in [3.63, 3.8) is 0 Å². The third-order valence-corrected chi connectivity index (χ3v) is 10.0. The Kier molecular flexibility index (Phi) is 11.5. The van der Waals surface area contributed by atoms with Crippen LogP contribution in [0.25, 0.3) is 0 Å². The summed E-state index contributed by atoms with van der Waals surface area (Å²) in [5, 5.41) is 0. The first-order valence-corrected chi connectivity index (χ1v) is 18.3. The van der Waals surface area contributed by atoms with Gasteiger partial charge in [0, 0.05) is 58.0 Å². The maximum absolute atomic E-state index is 4.85. The smallest absolute Gasteiger partial charge is 0.188 e. The van der Waals surface area contributed by atoms with Gasteiger partial charge in [0.2, 0.25) is 0 Å². The van der Waals surface area contributed by atoms with Crippen molar-refractivity contribution in [3.05, 3.63) is 120 Å². The van der Waals surface area contributed by atoms with Gasteiger partial charge in [0.25, 0.3) is 0 Å². The van der Waals surface area contributed by atoms with Gasteiger partial charge in [-0.3, -0.25) is 19.9 Å². The van der Waals surface area contributed by atoms with Crippen LogP contribution in [-0.4, -0.2) is 54.8 Å². The zero-order chi connectivity index (χ0) is 31.2. The third-order valence-electron chi connectivity index (χ3n) is 7.17. The first-order chi connectivity index (χ1) is 22.8. The predicted octanol–water partition coefficient (Wildman–Crippen LogP) is 6.94. The Labute approximate surface area is 274 Å². The molecule has 0 bridgehead atoms. The van der Waals surface area contributed by atoms with Crippen LogP contribution in [0.4, 0.5) is 0 Å². The minimum Gasteiger partial charge on any atom is -0.253 e. The Bertz CT molecular complexity index is 1560. The lowest BCUT2D eigenvalue weighted by atomic mass is 10.1. The van der Waals surface area contributed by atoms with Crippen molar-refractivity contribution >= 4 is 45.1 Å². The van der Waals surface area contributed by atoms with Crippen molar-refractivity contribution < 1.29 is 0 Å². The van der Waals surface area contributed by atoms with Gasteiger partial charge in [0.15, 0.2) is 23.3 Å². The minimum absolute atomic E-state index is 0.483. The van der Waals surface area contributed by atoms with Crippen molar-refractivity contribution in [1.29, 1.82) is 0 Å². The Balaban J connectivity index is 0.933. The number of nitrogens with zero attached hydrogens (tertiary/aromatic N) is 10. The third kappa shape index (κ3) is 9.07. The molecule has 6 rings (SSSR count). The van der Waals surface area contributed by atoms with Crippen molar-refractivity contribution in [1.82, 2.24) is 19.9 Å². The standard InChI is InChI=1S/C34H36N10S2/c1(3-5-15-25-45-41-31(27-17-7-11-21-35-27)39-32(42-45)28-18-8-12-22-36-28)2-4-6-16-26-46-43-33(29-19-9-13-23-37-29)40-34(44-46)30-20-10-14-24-38-30/h7-14,17-24H,1-6,15-16,25-26H2. The van der Waals surface area contributed by atoms with Gasteiger partial charge >= 0.3 is 0 Å². The Morgan fingerprint density at radius 3 is 1.02 bits per heavy atom. The molecule has 0 spiro atoms. The monoisotopic (exact) mass is 648 g/mol. The van der Waals surface area contributed by atoms with Crippen molar-refractivity contribution in [2.45, 2.75) is 51.4 Å². The van der Waals surface area contributed by atoms with Gasteiger partial charge in [0.05, 0.1) is 0 Å². The highest BCUT2D eigenvalue weighted by molar-refractivity contribution is 7.86. The largest absolute Gasteiger partial charge is 0.253 e. The van der Waals surface area contributed by atoms with Gasteiger partial charge in [-0.1, -0.05) is 62.8 Å². The number of unbranched alkanes of at least 4 members (excludes halogenated alkanes) is 7. The predicted molar refractivity (Wildman–Crippen MR) is 189 cm³/mol. The second-order valence-corrected chi connectivity index (χ2v) is 13.6. The second kappa shape index (κ2) is 16.8. The quantitative estimate of drug-likeness (QED) is 0.130. The summed E-state index contributed by atoms with van der Waals surface area (Å²) in [5.41, 5.74) is 3.07. The summed E-state index contributed by atoms with van der Waals surface area (Å²) in [5.74, 6) is 4.39. The van der Waals surface area contributed by atoms with Crippen LogP contribution >= 0.6 is 0 Å². The SMILES string of the molecule is c1ccc(C2=NC(c3ccccn3)=NS(CCCCCCCCCCS3=NC(c4ccccn4)=NC(c4ccccn4)=N3)=N2)nc1. The molecule has 10 nitrogen and oxygen atoms in total. The van der Waals surface area contributed by atoms with Crippen LogP contribution in [0.1, 0.15) is 74.1 Å². The molecule has 46 heavy (non-hydrogen) atoms. The van der Waals surface area contributed by atoms with E-state index in [4.69, 9.17) is 17.5 Å². The summed E-state index contributed by atoms with van der Waals surface area (Å²) in [6.45, 7) is 0. The number of aromatic nitrogens is 4. The van der Waals surface area contributed by atoms with Gasteiger partial charge in [-0.25, -0.2) is 9.98 Å². The zero-order valence-corrected chi connectivity index (χ0v) is 27.2. The molecule has 0 amide bonds. The molecule has 0 saturated heterocycles. The van der Waals surface area contributed by atoms with Crippen LogP contribution < -0.4 is 0 Å². The molecule has 0 fully saturated rings. The Hall–Kier alpha value is -4.42. The number of hydrogen-bond acceptors (Lipinski definition) is 10. The number of hydrogen-bond donors (Lipinski definition) is 0. The molecule has 4 aromatic rings. The Morgan fingerprint density at radius 2 is 0.696 bits per heavy atom. The van der Waals surface area contributed by atoms with Crippen LogP contribution in [0.3, 0.4) is 0 Å². The molecular weight excluding hydrogens is 613 g/mol. The lowest BCUT2D eigenvalue weighted by Gasteiger charge is -2.12. The summed E-state index contributed by atoms with van der Waals surface area (Å²) in [4.78, 5) is 27.2. The summed E-state index contributed by atoms with van der Waals surface area (Å²) in [6, 6.07) is 23.2. The fourth-order valence-corrected chi connectivity index (χ4v) is 7.53. The molecule has 6 heterocycles. The maximum Gasteiger partial charge on any atom is 0.188 e. The summed E-state index contributed by atoms with van der Waals surface area (Å²) in [7, 11) is -0.965. The molecule has 0 aliphatic carbocycles. The van der Waals surface area contributed by atoms with E-state index in [1.165, 1.54) is 38.5 Å². The molecule has 0 N–H and O–H groups in total. The van der Waals surface area contributed by atoms with E-state index < -0.39 is 21.8 Å². The van der Waals surface area contributed by atoms with Gasteiger partial charge in [-0.05, 0) is 61.4 Å². The van der Waals surface area contributed by atoms with E-state index in [0.29, 0.717) is 23.3 Å². The highest BCUT2D eigenvalue weighted by Crippen LogP contribution is 2.17. The van der Waals surface area contributed by atoms with Crippen molar-refractivity contribution in [2.24, 2.45) is 27.5 Å². The highest BCUT2D eigenvalue weighted by Gasteiger charge is 2.17. The molecule has 234 valence electrons. The number of pyridine rings is 4. The Morgan fingerprint density at radius 1 is 0.370 bits per heavy atom. The van der Waals surface area contributed by atoms with E-state index in [0.717, 1.165) is 47.1 Å². The van der Waals surface area contributed by atoms with Gasteiger partial charge in [-0.15, -0.1) is 0 Å². The van der Waals surface area contributed by atoms with Crippen LogP contribution in [0.2, 0.25) is 0 Å². The molecule has 12 heteroatoms.